The topological polar surface area (TPSA) is 82.9 Å². The molecule has 0 unspecified atom stereocenters. The predicted molar refractivity (Wildman–Crippen MR) is 98.1 cm³/mol. The van der Waals surface area contributed by atoms with E-state index in [9.17, 15) is 14.9 Å². The Morgan fingerprint density at radius 1 is 1.19 bits per heavy atom. The number of benzene rings is 1. The van der Waals surface area contributed by atoms with E-state index in [1.54, 1.807) is 21.9 Å². The molecule has 7 heteroatoms. The third-order valence-corrected chi connectivity index (χ3v) is 5.39. The molecule has 0 saturated carbocycles. The van der Waals surface area contributed by atoms with Gasteiger partial charge in [0.15, 0.2) is 0 Å². The molecule has 7 nitrogen and oxygen atoms in total. The van der Waals surface area contributed by atoms with Crippen molar-refractivity contribution in [2.24, 2.45) is 0 Å². The van der Waals surface area contributed by atoms with Gasteiger partial charge in [-0.2, -0.15) is 5.26 Å². The van der Waals surface area contributed by atoms with Crippen molar-refractivity contribution in [1.82, 2.24) is 9.80 Å². The van der Waals surface area contributed by atoms with E-state index in [0.29, 0.717) is 31.9 Å². The number of ether oxygens (including phenoxy) is 2. The Morgan fingerprint density at radius 2 is 1.78 bits per heavy atom. The first kappa shape index (κ1) is 19.3. The van der Waals surface area contributed by atoms with Gasteiger partial charge in [-0.05, 0) is 31.5 Å². The SMILES string of the molecule is COCC(=O)N1CCN(C(=O)c2ccc(C(C)(C)C#N)cc2)[C@@H]2COC[C@@H]21. The van der Waals surface area contributed by atoms with Crippen molar-refractivity contribution in [1.29, 1.82) is 5.26 Å². The summed E-state index contributed by atoms with van der Waals surface area (Å²) in [6.07, 6.45) is 0. The number of methoxy groups -OCH3 is 1. The molecule has 2 fully saturated rings. The zero-order valence-corrected chi connectivity index (χ0v) is 16.0. The second kappa shape index (κ2) is 7.67. The van der Waals surface area contributed by atoms with E-state index in [1.165, 1.54) is 7.11 Å². The summed E-state index contributed by atoms with van der Waals surface area (Å²) in [5.41, 5.74) is 0.854. The molecule has 0 radical (unpaired) electrons. The summed E-state index contributed by atoms with van der Waals surface area (Å²) in [6, 6.07) is 9.18. The summed E-state index contributed by atoms with van der Waals surface area (Å²) in [4.78, 5) is 28.9. The van der Waals surface area contributed by atoms with Crippen LogP contribution in [-0.4, -0.2) is 73.7 Å². The zero-order chi connectivity index (χ0) is 19.6. The Kier molecular flexibility index (Phi) is 5.49. The second-order valence-corrected chi connectivity index (χ2v) is 7.50. The van der Waals surface area contributed by atoms with Crippen LogP contribution < -0.4 is 0 Å². The van der Waals surface area contributed by atoms with Crippen LogP contribution in [0.2, 0.25) is 0 Å². The average Bonchev–Trinajstić information content (AvgIpc) is 3.16. The van der Waals surface area contributed by atoms with Gasteiger partial charge in [0.05, 0.1) is 36.8 Å². The Labute approximate surface area is 159 Å². The Hall–Kier alpha value is -2.43. The molecular formula is C20H25N3O4. The van der Waals surface area contributed by atoms with Crippen LogP contribution in [0.1, 0.15) is 29.8 Å². The number of nitrogens with zero attached hydrogens (tertiary/aromatic N) is 3. The first-order chi connectivity index (χ1) is 12.9. The lowest BCUT2D eigenvalue weighted by molar-refractivity contribution is -0.140. The van der Waals surface area contributed by atoms with Crippen molar-refractivity contribution in [2.75, 3.05) is 40.0 Å². The van der Waals surface area contributed by atoms with Gasteiger partial charge >= 0.3 is 0 Å². The third kappa shape index (κ3) is 3.68. The molecule has 144 valence electrons. The molecule has 1 aromatic carbocycles. The maximum absolute atomic E-state index is 13.1. The van der Waals surface area contributed by atoms with Crippen LogP contribution in [0.15, 0.2) is 24.3 Å². The summed E-state index contributed by atoms with van der Waals surface area (Å²) < 4.78 is 10.5. The van der Waals surface area contributed by atoms with Crippen LogP contribution in [-0.2, 0) is 19.7 Å². The normalized spacial score (nSPS) is 22.3. The van der Waals surface area contributed by atoms with Crippen molar-refractivity contribution in [3.05, 3.63) is 35.4 Å². The fourth-order valence-corrected chi connectivity index (χ4v) is 3.70. The average molecular weight is 371 g/mol. The summed E-state index contributed by atoms with van der Waals surface area (Å²) in [5.74, 6) is -0.149. The lowest BCUT2D eigenvalue weighted by atomic mass is 9.86. The van der Waals surface area contributed by atoms with Crippen LogP contribution in [0.5, 0.6) is 0 Å². The van der Waals surface area contributed by atoms with Gasteiger partial charge in [-0.25, -0.2) is 0 Å². The van der Waals surface area contributed by atoms with Crippen molar-refractivity contribution < 1.29 is 19.1 Å². The minimum atomic E-state index is -0.598. The van der Waals surface area contributed by atoms with Gasteiger partial charge in [0.2, 0.25) is 5.91 Å². The number of amides is 2. The van der Waals surface area contributed by atoms with E-state index < -0.39 is 5.41 Å². The highest BCUT2D eigenvalue weighted by Crippen LogP contribution is 2.27. The maximum Gasteiger partial charge on any atom is 0.254 e. The van der Waals surface area contributed by atoms with Gasteiger partial charge in [0.1, 0.15) is 6.61 Å². The number of rotatable bonds is 4. The van der Waals surface area contributed by atoms with Gasteiger partial charge < -0.3 is 19.3 Å². The van der Waals surface area contributed by atoms with Crippen molar-refractivity contribution in [3.8, 4) is 6.07 Å². The smallest absolute Gasteiger partial charge is 0.254 e. The summed E-state index contributed by atoms with van der Waals surface area (Å²) in [7, 11) is 1.50. The van der Waals surface area contributed by atoms with Crippen molar-refractivity contribution in [2.45, 2.75) is 31.3 Å². The van der Waals surface area contributed by atoms with Crippen LogP contribution >= 0.6 is 0 Å². The molecule has 2 aliphatic heterocycles. The number of nitriles is 1. The fraction of sp³-hybridized carbons (Fsp3) is 0.550. The second-order valence-electron chi connectivity index (χ2n) is 7.50. The number of piperazine rings is 1. The van der Waals surface area contributed by atoms with Crippen LogP contribution in [0.3, 0.4) is 0 Å². The highest BCUT2D eigenvalue weighted by Gasteiger charge is 2.44. The lowest BCUT2D eigenvalue weighted by Gasteiger charge is -2.43. The molecule has 1 aromatic rings. The van der Waals surface area contributed by atoms with Gasteiger partial charge in [0.25, 0.3) is 5.91 Å². The quantitative estimate of drug-likeness (QED) is 0.794. The van der Waals surface area contributed by atoms with Gasteiger partial charge in [0, 0.05) is 25.8 Å². The Bertz CT molecular complexity index is 753. The molecule has 0 spiro atoms. The van der Waals surface area contributed by atoms with E-state index in [-0.39, 0.29) is 30.5 Å². The van der Waals surface area contributed by atoms with Gasteiger partial charge in [-0.1, -0.05) is 12.1 Å². The summed E-state index contributed by atoms with van der Waals surface area (Å²) in [5, 5.41) is 9.26. The van der Waals surface area contributed by atoms with E-state index in [2.05, 4.69) is 6.07 Å². The number of hydrogen-bond donors (Lipinski definition) is 0. The number of hydrogen-bond acceptors (Lipinski definition) is 5. The van der Waals surface area contributed by atoms with E-state index in [0.717, 1.165) is 5.56 Å². The minimum absolute atomic E-state index is 0.0350. The predicted octanol–water partition coefficient (Wildman–Crippen LogP) is 1.19. The maximum atomic E-state index is 13.1. The molecule has 2 saturated heterocycles. The Morgan fingerprint density at radius 3 is 2.37 bits per heavy atom. The van der Waals surface area contributed by atoms with E-state index in [4.69, 9.17) is 9.47 Å². The van der Waals surface area contributed by atoms with Gasteiger partial charge in [-0.3, -0.25) is 9.59 Å². The minimum Gasteiger partial charge on any atom is -0.377 e. The molecule has 3 rings (SSSR count). The standard InChI is InChI=1S/C20H25N3O4/c1-20(2,13-21)15-6-4-14(5-7-15)19(25)23-9-8-22(18(24)12-26-3)16-10-27-11-17(16)23/h4-7,16-17H,8-12H2,1-3H3/t16-,17+/m0/s1. The van der Waals surface area contributed by atoms with E-state index in [1.807, 2.05) is 26.0 Å². The molecular weight excluding hydrogens is 346 g/mol. The van der Waals surface area contributed by atoms with Gasteiger partial charge in [-0.15, -0.1) is 0 Å². The number of carbonyl (C=O) groups excluding carboxylic acids is 2. The van der Waals surface area contributed by atoms with Crippen molar-refractivity contribution in [3.63, 3.8) is 0 Å². The van der Waals surface area contributed by atoms with Crippen molar-refractivity contribution >= 4 is 11.8 Å². The highest BCUT2D eigenvalue weighted by atomic mass is 16.5. The Balaban J connectivity index is 1.76. The monoisotopic (exact) mass is 371 g/mol. The molecule has 2 amide bonds. The fourth-order valence-electron chi connectivity index (χ4n) is 3.70. The lowest BCUT2D eigenvalue weighted by Crippen LogP contribution is -2.62. The number of carbonyl (C=O) groups is 2. The van der Waals surface area contributed by atoms with E-state index >= 15 is 0 Å². The molecule has 0 bridgehead atoms. The summed E-state index contributed by atoms with van der Waals surface area (Å²) >= 11 is 0. The molecule has 2 heterocycles. The molecule has 0 aliphatic carbocycles. The molecule has 0 N–H and O–H groups in total. The molecule has 2 aliphatic rings. The van der Waals surface area contributed by atoms with Crippen LogP contribution in [0.25, 0.3) is 0 Å². The first-order valence-electron chi connectivity index (χ1n) is 9.08. The number of fused-ring (bicyclic) bond motifs is 1. The molecule has 27 heavy (non-hydrogen) atoms. The summed E-state index contributed by atoms with van der Waals surface area (Å²) in [6.45, 7) is 5.52. The first-order valence-corrected chi connectivity index (χ1v) is 9.08. The zero-order valence-electron chi connectivity index (χ0n) is 16.0. The van der Waals surface area contributed by atoms with Crippen LogP contribution in [0.4, 0.5) is 0 Å². The third-order valence-electron chi connectivity index (χ3n) is 5.39. The van der Waals surface area contributed by atoms with Crippen LogP contribution in [0, 0.1) is 11.3 Å². The highest BCUT2D eigenvalue weighted by molar-refractivity contribution is 5.95. The molecule has 0 aromatic heterocycles. The molecule has 2 atom stereocenters. The largest absolute Gasteiger partial charge is 0.377 e.